The molecule has 4 nitrogen and oxygen atoms in total. The van der Waals surface area contributed by atoms with Gasteiger partial charge in [0.25, 0.3) is 0 Å². The molecule has 0 radical (unpaired) electrons. The number of nitrogens with one attached hydrogen (secondary N) is 1. The topological polar surface area (TPSA) is 52.6 Å². The van der Waals surface area contributed by atoms with Gasteiger partial charge in [0.05, 0.1) is 6.10 Å². The molecule has 0 saturated carbocycles. The predicted molar refractivity (Wildman–Crippen MR) is 93.4 cm³/mol. The van der Waals surface area contributed by atoms with Crippen molar-refractivity contribution in [3.63, 3.8) is 0 Å². The van der Waals surface area contributed by atoms with Gasteiger partial charge in [-0.1, -0.05) is 44.2 Å². The van der Waals surface area contributed by atoms with Crippen LogP contribution in [0.25, 0.3) is 0 Å². The first-order valence-corrected chi connectivity index (χ1v) is 8.74. The Balaban J connectivity index is 1.85. The second-order valence-electron chi connectivity index (χ2n) is 7.01. The zero-order chi connectivity index (χ0) is 16.8. The lowest BCUT2D eigenvalue weighted by atomic mass is 9.88. The Morgan fingerprint density at radius 1 is 1.22 bits per heavy atom. The van der Waals surface area contributed by atoms with Gasteiger partial charge in [0.15, 0.2) is 0 Å². The fourth-order valence-electron chi connectivity index (χ4n) is 3.33. The normalized spacial score (nSPS) is 18.7. The number of hydrogen-bond donors (Lipinski definition) is 2. The average Bonchev–Trinajstić information content (AvgIpc) is 2.55. The predicted octanol–water partition coefficient (Wildman–Crippen LogP) is 3.23. The van der Waals surface area contributed by atoms with Crippen molar-refractivity contribution >= 4 is 6.03 Å². The number of likely N-dealkylation sites (tertiary alicyclic amines) is 1. The highest BCUT2D eigenvalue weighted by Gasteiger charge is 2.26. The van der Waals surface area contributed by atoms with Gasteiger partial charge in [-0.2, -0.15) is 0 Å². The molecule has 1 aromatic rings. The van der Waals surface area contributed by atoms with E-state index < -0.39 is 0 Å². The molecule has 0 bridgehead atoms. The Morgan fingerprint density at radius 2 is 1.83 bits per heavy atom. The van der Waals surface area contributed by atoms with Crippen LogP contribution in [-0.4, -0.2) is 41.8 Å². The van der Waals surface area contributed by atoms with E-state index in [2.05, 4.69) is 31.3 Å². The molecule has 1 fully saturated rings. The summed E-state index contributed by atoms with van der Waals surface area (Å²) in [4.78, 5) is 14.3. The molecule has 1 aliphatic heterocycles. The molecule has 2 atom stereocenters. The number of hydrogen-bond acceptors (Lipinski definition) is 2. The third-order valence-corrected chi connectivity index (χ3v) is 5.01. The van der Waals surface area contributed by atoms with E-state index in [1.807, 2.05) is 30.0 Å². The maximum atomic E-state index is 12.4. The summed E-state index contributed by atoms with van der Waals surface area (Å²) in [7, 11) is 0. The highest BCUT2D eigenvalue weighted by Crippen LogP contribution is 2.24. The molecule has 0 aliphatic carbocycles. The highest BCUT2D eigenvalue weighted by atomic mass is 16.3. The number of aliphatic hydroxyl groups excluding tert-OH is 1. The lowest BCUT2D eigenvalue weighted by Crippen LogP contribution is -2.46. The van der Waals surface area contributed by atoms with E-state index in [4.69, 9.17) is 0 Å². The maximum Gasteiger partial charge on any atom is 0.317 e. The second-order valence-corrected chi connectivity index (χ2v) is 7.01. The lowest BCUT2D eigenvalue weighted by molar-refractivity contribution is 0.0797. The summed E-state index contributed by atoms with van der Waals surface area (Å²) in [5.74, 6) is 1.13. The highest BCUT2D eigenvalue weighted by molar-refractivity contribution is 5.74. The van der Waals surface area contributed by atoms with Gasteiger partial charge in [-0.15, -0.1) is 0 Å². The summed E-state index contributed by atoms with van der Waals surface area (Å²) in [5, 5.41) is 12.7. The van der Waals surface area contributed by atoms with Crippen molar-refractivity contribution in [1.29, 1.82) is 0 Å². The summed E-state index contributed by atoms with van der Waals surface area (Å²) >= 11 is 0. The molecular formula is C19H30N2O2. The number of carbonyl (C=O) groups excluding carboxylic acids is 1. The number of urea groups is 1. The number of amides is 2. The largest absolute Gasteiger partial charge is 0.393 e. The van der Waals surface area contributed by atoms with Crippen molar-refractivity contribution in [3.8, 4) is 0 Å². The number of rotatable bonds is 5. The Bertz CT molecular complexity index is 479. The van der Waals surface area contributed by atoms with Crippen LogP contribution in [0.1, 0.15) is 45.1 Å². The fourth-order valence-corrected chi connectivity index (χ4v) is 3.33. The summed E-state index contributed by atoms with van der Waals surface area (Å²) in [6, 6.07) is 10.4. The summed E-state index contributed by atoms with van der Waals surface area (Å²) in [5.41, 5.74) is 1.27. The molecule has 2 unspecified atom stereocenters. The van der Waals surface area contributed by atoms with Gasteiger partial charge in [-0.05, 0) is 37.2 Å². The van der Waals surface area contributed by atoms with Crippen LogP contribution in [-0.2, 0) is 0 Å². The molecule has 1 aromatic carbocycles. The van der Waals surface area contributed by atoms with Crippen molar-refractivity contribution in [2.45, 2.75) is 45.6 Å². The molecule has 0 spiro atoms. The Hall–Kier alpha value is -1.55. The van der Waals surface area contributed by atoms with Crippen LogP contribution in [0.15, 0.2) is 30.3 Å². The van der Waals surface area contributed by atoms with E-state index >= 15 is 0 Å². The molecule has 128 valence electrons. The van der Waals surface area contributed by atoms with Crippen molar-refractivity contribution in [3.05, 3.63) is 35.9 Å². The van der Waals surface area contributed by atoms with Crippen LogP contribution >= 0.6 is 0 Å². The monoisotopic (exact) mass is 318 g/mol. The number of aliphatic hydroxyl groups is 1. The van der Waals surface area contributed by atoms with Crippen LogP contribution in [0.2, 0.25) is 0 Å². The van der Waals surface area contributed by atoms with Gasteiger partial charge in [0, 0.05) is 25.6 Å². The third kappa shape index (κ3) is 4.96. The molecular weight excluding hydrogens is 288 g/mol. The summed E-state index contributed by atoms with van der Waals surface area (Å²) in [6.07, 6.45) is 1.50. The molecule has 23 heavy (non-hydrogen) atoms. The maximum absolute atomic E-state index is 12.4. The second kappa shape index (κ2) is 8.34. The van der Waals surface area contributed by atoms with Gasteiger partial charge in [0.1, 0.15) is 0 Å². The number of nitrogens with zero attached hydrogens (tertiary/aromatic N) is 1. The third-order valence-electron chi connectivity index (χ3n) is 5.01. The van der Waals surface area contributed by atoms with E-state index in [-0.39, 0.29) is 12.1 Å². The Kier molecular flexibility index (Phi) is 6.46. The molecule has 2 amide bonds. The van der Waals surface area contributed by atoms with Gasteiger partial charge in [-0.3, -0.25) is 0 Å². The van der Waals surface area contributed by atoms with E-state index in [1.165, 1.54) is 5.56 Å². The van der Waals surface area contributed by atoms with Gasteiger partial charge in [-0.25, -0.2) is 4.79 Å². The smallest absolute Gasteiger partial charge is 0.317 e. The first kappa shape index (κ1) is 17.8. The summed E-state index contributed by atoms with van der Waals surface area (Å²) < 4.78 is 0. The fraction of sp³-hybridized carbons (Fsp3) is 0.632. The minimum absolute atomic E-state index is 0.0237. The average molecular weight is 318 g/mol. The molecule has 4 heteroatoms. The molecule has 2 rings (SSSR count). The van der Waals surface area contributed by atoms with Gasteiger partial charge < -0.3 is 15.3 Å². The number of carbonyl (C=O) groups is 1. The minimum atomic E-state index is -0.274. The molecule has 0 aromatic heterocycles. The van der Waals surface area contributed by atoms with Crippen LogP contribution in [0.5, 0.6) is 0 Å². The van der Waals surface area contributed by atoms with E-state index in [0.717, 1.165) is 25.9 Å². The van der Waals surface area contributed by atoms with E-state index in [0.29, 0.717) is 24.3 Å². The number of benzene rings is 1. The summed E-state index contributed by atoms with van der Waals surface area (Å²) in [6.45, 7) is 8.36. The standard InChI is InChI=1S/C19H30N2O2/c1-14(2)18(17-7-5-4-6-8-17)13-20-19(23)21-11-9-16(10-12-21)15(3)22/h4-8,14-16,18,22H,9-13H2,1-3H3,(H,20,23). The zero-order valence-electron chi connectivity index (χ0n) is 14.5. The molecule has 1 heterocycles. The Labute approximate surface area is 139 Å². The van der Waals surface area contributed by atoms with Crippen LogP contribution in [0, 0.1) is 11.8 Å². The molecule has 1 saturated heterocycles. The van der Waals surface area contributed by atoms with Crippen molar-refractivity contribution < 1.29 is 9.90 Å². The van der Waals surface area contributed by atoms with Gasteiger partial charge in [0.2, 0.25) is 0 Å². The van der Waals surface area contributed by atoms with E-state index in [1.54, 1.807) is 0 Å². The quantitative estimate of drug-likeness (QED) is 0.876. The van der Waals surface area contributed by atoms with Crippen LogP contribution in [0.4, 0.5) is 4.79 Å². The Morgan fingerprint density at radius 3 is 2.35 bits per heavy atom. The van der Waals surface area contributed by atoms with Crippen molar-refractivity contribution in [2.24, 2.45) is 11.8 Å². The van der Waals surface area contributed by atoms with E-state index in [9.17, 15) is 9.90 Å². The van der Waals surface area contributed by atoms with Crippen LogP contribution in [0.3, 0.4) is 0 Å². The first-order chi connectivity index (χ1) is 11.0. The van der Waals surface area contributed by atoms with Crippen LogP contribution < -0.4 is 5.32 Å². The molecule has 2 N–H and O–H groups in total. The van der Waals surface area contributed by atoms with Crippen molar-refractivity contribution in [1.82, 2.24) is 10.2 Å². The zero-order valence-corrected chi connectivity index (χ0v) is 14.5. The van der Waals surface area contributed by atoms with Crippen molar-refractivity contribution in [2.75, 3.05) is 19.6 Å². The number of piperidine rings is 1. The minimum Gasteiger partial charge on any atom is -0.393 e. The lowest BCUT2D eigenvalue weighted by Gasteiger charge is -2.34. The SMILES string of the molecule is CC(C)C(CNC(=O)N1CCC(C(C)O)CC1)c1ccccc1. The first-order valence-electron chi connectivity index (χ1n) is 8.74. The van der Waals surface area contributed by atoms with Gasteiger partial charge >= 0.3 is 6.03 Å². The molecule has 1 aliphatic rings.